The van der Waals surface area contributed by atoms with Gasteiger partial charge in [-0.05, 0) is 65.2 Å². The van der Waals surface area contributed by atoms with Crippen molar-refractivity contribution in [3.8, 4) is 0 Å². The summed E-state index contributed by atoms with van der Waals surface area (Å²) >= 11 is 9.44. The van der Waals surface area contributed by atoms with Crippen LogP contribution in [0.25, 0.3) is 0 Å². The third-order valence-corrected chi connectivity index (χ3v) is 4.10. The zero-order valence-corrected chi connectivity index (χ0v) is 13.5. The molecule has 2 rings (SSSR count). The number of carbonyl (C=O) groups excluding carboxylic acids is 1. The Morgan fingerprint density at radius 2 is 1.90 bits per heavy atom. The smallest absolute Gasteiger partial charge is 0.255 e. The SMILES string of the molecule is Cc1cc(Br)c(NC(=O)c2ccc(C)c(Cl)c2)cc1N. The molecule has 0 bridgehead atoms. The summed E-state index contributed by atoms with van der Waals surface area (Å²) in [5.41, 5.74) is 9.51. The molecule has 1 amide bonds. The highest BCUT2D eigenvalue weighted by atomic mass is 79.9. The lowest BCUT2D eigenvalue weighted by Crippen LogP contribution is -2.12. The van der Waals surface area contributed by atoms with Crippen molar-refractivity contribution in [1.82, 2.24) is 0 Å². The van der Waals surface area contributed by atoms with Crippen LogP contribution < -0.4 is 11.1 Å². The fraction of sp³-hybridized carbons (Fsp3) is 0.133. The van der Waals surface area contributed by atoms with Gasteiger partial charge in [0.05, 0.1) is 5.69 Å². The van der Waals surface area contributed by atoms with E-state index in [0.29, 0.717) is 22.0 Å². The lowest BCUT2D eigenvalue weighted by atomic mass is 10.1. The van der Waals surface area contributed by atoms with Crippen LogP contribution in [0, 0.1) is 13.8 Å². The number of nitrogens with two attached hydrogens (primary N) is 1. The molecule has 20 heavy (non-hydrogen) atoms. The third kappa shape index (κ3) is 3.14. The molecule has 0 saturated carbocycles. The van der Waals surface area contributed by atoms with Crippen molar-refractivity contribution in [3.05, 3.63) is 56.5 Å². The van der Waals surface area contributed by atoms with Crippen LogP contribution in [-0.4, -0.2) is 5.91 Å². The first-order valence-corrected chi connectivity index (χ1v) is 7.18. The maximum Gasteiger partial charge on any atom is 0.255 e. The Labute approximate surface area is 131 Å². The number of halogens is 2. The molecule has 0 spiro atoms. The van der Waals surface area contributed by atoms with Crippen LogP contribution >= 0.6 is 27.5 Å². The summed E-state index contributed by atoms with van der Waals surface area (Å²) in [6, 6.07) is 8.80. The predicted molar refractivity (Wildman–Crippen MR) is 87.4 cm³/mol. The molecule has 2 aromatic rings. The molecule has 0 heterocycles. The van der Waals surface area contributed by atoms with Gasteiger partial charge in [0, 0.05) is 20.7 Å². The number of hydrogen-bond acceptors (Lipinski definition) is 2. The molecule has 0 atom stereocenters. The quantitative estimate of drug-likeness (QED) is 0.778. The number of carbonyl (C=O) groups is 1. The Bertz CT molecular complexity index is 686. The average Bonchev–Trinajstić information content (AvgIpc) is 2.39. The van der Waals surface area contributed by atoms with E-state index >= 15 is 0 Å². The second-order valence-corrected chi connectivity index (χ2v) is 5.87. The van der Waals surface area contributed by atoms with Crippen molar-refractivity contribution in [2.75, 3.05) is 11.1 Å². The van der Waals surface area contributed by atoms with Crippen molar-refractivity contribution in [1.29, 1.82) is 0 Å². The van der Waals surface area contributed by atoms with Gasteiger partial charge in [0.1, 0.15) is 0 Å². The minimum absolute atomic E-state index is 0.226. The first-order chi connectivity index (χ1) is 9.38. The van der Waals surface area contributed by atoms with Crippen LogP contribution in [0.5, 0.6) is 0 Å². The molecule has 3 N–H and O–H groups in total. The molecule has 0 aliphatic heterocycles. The van der Waals surface area contributed by atoms with Gasteiger partial charge in [0.2, 0.25) is 0 Å². The van der Waals surface area contributed by atoms with E-state index in [4.69, 9.17) is 17.3 Å². The number of amides is 1. The summed E-state index contributed by atoms with van der Waals surface area (Å²) in [7, 11) is 0. The predicted octanol–water partition coefficient (Wildman–Crippen LogP) is 4.55. The Kier molecular flexibility index (Phi) is 4.35. The van der Waals surface area contributed by atoms with E-state index < -0.39 is 0 Å². The van der Waals surface area contributed by atoms with Gasteiger partial charge < -0.3 is 11.1 Å². The van der Waals surface area contributed by atoms with Gasteiger partial charge in [-0.3, -0.25) is 4.79 Å². The van der Waals surface area contributed by atoms with E-state index in [0.717, 1.165) is 15.6 Å². The van der Waals surface area contributed by atoms with Gasteiger partial charge in [-0.1, -0.05) is 17.7 Å². The highest BCUT2D eigenvalue weighted by Gasteiger charge is 2.11. The zero-order chi connectivity index (χ0) is 14.9. The van der Waals surface area contributed by atoms with Crippen molar-refractivity contribution >= 4 is 44.8 Å². The number of rotatable bonds is 2. The minimum Gasteiger partial charge on any atom is -0.398 e. The van der Waals surface area contributed by atoms with E-state index in [9.17, 15) is 4.79 Å². The summed E-state index contributed by atoms with van der Waals surface area (Å²) in [6.07, 6.45) is 0. The highest BCUT2D eigenvalue weighted by Crippen LogP contribution is 2.28. The van der Waals surface area contributed by atoms with Crippen molar-refractivity contribution in [3.63, 3.8) is 0 Å². The van der Waals surface area contributed by atoms with Gasteiger partial charge in [0.15, 0.2) is 0 Å². The van der Waals surface area contributed by atoms with Crippen LogP contribution in [0.1, 0.15) is 21.5 Å². The van der Waals surface area contributed by atoms with Gasteiger partial charge in [-0.2, -0.15) is 0 Å². The molecule has 0 aliphatic carbocycles. The summed E-state index contributed by atoms with van der Waals surface area (Å²) < 4.78 is 0.788. The average molecular weight is 354 g/mol. The topological polar surface area (TPSA) is 55.1 Å². The van der Waals surface area contributed by atoms with Crippen LogP contribution in [0.2, 0.25) is 5.02 Å². The number of hydrogen-bond donors (Lipinski definition) is 2. The lowest BCUT2D eigenvalue weighted by molar-refractivity contribution is 0.102. The van der Waals surface area contributed by atoms with E-state index in [1.807, 2.05) is 26.0 Å². The molecule has 0 aromatic heterocycles. The standard InChI is InChI=1S/C15H14BrClN2O/c1-8-3-4-10(6-12(8)17)15(20)19-14-7-13(18)9(2)5-11(14)16/h3-7H,18H2,1-2H3,(H,19,20). The van der Waals surface area contributed by atoms with Crippen LogP contribution in [-0.2, 0) is 0 Å². The van der Waals surface area contributed by atoms with Gasteiger partial charge in [0.25, 0.3) is 5.91 Å². The monoisotopic (exact) mass is 352 g/mol. The van der Waals surface area contributed by atoms with Crippen LogP contribution in [0.4, 0.5) is 11.4 Å². The number of aryl methyl sites for hydroxylation is 2. The van der Waals surface area contributed by atoms with Gasteiger partial charge in [-0.25, -0.2) is 0 Å². The van der Waals surface area contributed by atoms with Crippen molar-refractivity contribution < 1.29 is 4.79 Å². The molecular formula is C15H14BrClN2O. The zero-order valence-electron chi connectivity index (χ0n) is 11.1. The maximum absolute atomic E-state index is 12.2. The third-order valence-electron chi connectivity index (χ3n) is 3.04. The summed E-state index contributed by atoms with van der Waals surface area (Å²) in [6.45, 7) is 3.80. The van der Waals surface area contributed by atoms with Crippen LogP contribution in [0.15, 0.2) is 34.8 Å². The molecule has 3 nitrogen and oxygen atoms in total. The van der Waals surface area contributed by atoms with Gasteiger partial charge >= 0.3 is 0 Å². The van der Waals surface area contributed by atoms with E-state index in [2.05, 4.69) is 21.2 Å². The van der Waals surface area contributed by atoms with Crippen LogP contribution in [0.3, 0.4) is 0 Å². The normalized spacial score (nSPS) is 10.4. The van der Waals surface area contributed by atoms with E-state index in [1.165, 1.54) is 0 Å². The molecule has 0 radical (unpaired) electrons. The second-order valence-electron chi connectivity index (χ2n) is 4.61. The first-order valence-electron chi connectivity index (χ1n) is 6.01. The molecule has 0 aliphatic rings. The van der Waals surface area contributed by atoms with Crippen molar-refractivity contribution in [2.45, 2.75) is 13.8 Å². The highest BCUT2D eigenvalue weighted by molar-refractivity contribution is 9.10. The minimum atomic E-state index is -0.226. The Hall–Kier alpha value is -1.52. The molecule has 0 fully saturated rings. The van der Waals surface area contributed by atoms with Crippen molar-refractivity contribution in [2.24, 2.45) is 0 Å². The number of anilines is 2. The molecule has 0 unspecified atom stereocenters. The maximum atomic E-state index is 12.2. The summed E-state index contributed by atoms with van der Waals surface area (Å²) in [5, 5.41) is 3.39. The molecule has 5 heteroatoms. The van der Waals surface area contributed by atoms with E-state index in [1.54, 1.807) is 18.2 Å². The summed E-state index contributed by atoms with van der Waals surface area (Å²) in [4.78, 5) is 12.2. The first kappa shape index (κ1) is 14.9. The fourth-order valence-electron chi connectivity index (χ4n) is 1.71. The molecule has 104 valence electrons. The Morgan fingerprint density at radius 1 is 1.20 bits per heavy atom. The largest absolute Gasteiger partial charge is 0.398 e. The van der Waals surface area contributed by atoms with E-state index in [-0.39, 0.29) is 5.91 Å². The Morgan fingerprint density at radius 3 is 2.55 bits per heavy atom. The van der Waals surface area contributed by atoms with Gasteiger partial charge in [-0.15, -0.1) is 0 Å². The number of benzene rings is 2. The summed E-state index contributed by atoms with van der Waals surface area (Å²) in [5.74, 6) is -0.226. The number of nitrogen functional groups attached to an aromatic ring is 1. The number of nitrogens with one attached hydrogen (secondary N) is 1. The lowest BCUT2D eigenvalue weighted by Gasteiger charge is -2.11. The molecular weight excluding hydrogens is 340 g/mol. The molecule has 0 saturated heterocycles. The second kappa shape index (κ2) is 5.85. The fourth-order valence-corrected chi connectivity index (χ4v) is 2.45. The molecule has 2 aromatic carbocycles. The Balaban J connectivity index is 2.27.